The maximum absolute atomic E-state index is 13.4. The number of para-hydroxylation sites is 2. The molecule has 3 aliphatic rings. The Bertz CT molecular complexity index is 1520. The number of azo groups is 1. The molecule has 0 aliphatic carbocycles. The van der Waals surface area contributed by atoms with Gasteiger partial charge in [0.2, 0.25) is 12.1 Å². The van der Waals surface area contributed by atoms with E-state index in [-0.39, 0.29) is 22.8 Å². The highest BCUT2D eigenvalue weighted by Crippen LogP contribution is 2.33. The number of aliphatic imine (C=N–C) groups is 1. The molecule has 3 aromatic rings. The normalized spacial score (nSPS) is 19.3. The van der Waals surface area contributed by atoms with Crippen LogP contribution in [-0.4, -0.2) is 45.2 Å². The Hall–Kier alpha value is -4.47. The minimum absolute atomic E-state index is 0.134. The Morgan fingerprint density at radius 3 is 2.54 bits per heavy atom. The molecule has 0 bridgehead atoms. The van der Waals surface area contributed by atoms with Crippen LogP contribution in [-0.2, 0) is 11.8 Å². The molecule has 2 N–H and O–H groups in total. The van der Waals surface area contributed by atoms with Crippen molar-refractivity contribution in [2.24, 2.45) is 22.3 Å². The maximum Gasteiger partial charge on any atom is 0.299 e. The van der Waals surface area contributed by atoms with Gasteiger partial charge in [0.05, 0.1) is 11.4 Å². The lowest BCUT2D eigenvalue weighted by molar-refractivity contribution is 0.277. The molecule has 1 aromatic heterocycles. The molecule has 37 heavy (non-hydrogen) atoms. The molecule has 0 amide bonds. The van der Waals surface area contributed by atoms with Gasteiger partial charge in [-0.1, -0.05) is 36.4 Å². The van der Waals surface area contributed by atoms with Crippen LogP contribution >= 0.6 is 0 Å². The van der Waals surface area contributed by atoms with Gasteiger partial charge in [-0.15, -0.1) is 10.2 Å². The van der Waals surface area contributed by atoms with Gasteiger partial charge in [-0.3, -0.25) is 14.9 Å². The number of ether oxygens (including phenoxy) is 1. The fraction of sp³-hybridized carbons (Fsp3) is 0.296. The fourth-order valence-electron chi connectivity index (χ4n) is 5.02. The Morgan fingerprint density at radius 2 is 1.76 bits per heavy atom. The SMILES string of the molecule is Cc1c(N=NC2=C(N3CCCCC3)N=C3c4ccccc4NC3OC2=N)c(=O)n(-c2ccccc2)n1C. The molecule has 10 nitrogen and oxygen atoms in total. The zero-order valence-electron chi connectivity index (χ0n) is 20.8. The fourth-order valence-corrected chi connectivity index (χ4v) is 5.02. The highest BCUT2D eigenvalue weighted by molar-refractivity contribution is 6.15. The van der Waals surface area contributed by atoms with Gasteiger partial charge in [0, 0.05) is 31.4 Å². The van der Waals surface area contributed by atoms with Crippen molar-refractivity contribution in [3.05, 3.63) is 87.7 Å². The highest BCUT2D eigenvalue weighted by Gasteiger charge is 2.36. The first-order valence-corrected chi connectivity index (χ1v) is 12.5. The topological polar surface area (TPSA) is 112 Å². The molecule has 0 spiro atoms. The van der Waals surface area contributed by atoms with E-state index in [1.807, 2.05) is 68.6 Å². The monoisotopic (exact) mass is 496 g/mol. The van der Waals surface area contributed by atoms with Gasteiger partial charge in [-0.05, 0) is 44.4 Å². The van der Waals surface area contributed by atoms with Gasteiger partial charge < -0.3 is 15.0 Å². The van der Waals surface area contributed by atoms with Crippen molar-refractivity contribution >= 4 is 23.0 Å². The molecular weight excluding hydrogens is 468 g/mol. The third-order valence-corrected chi connectivity index (χ3v) is 7.06. The lowest BCUT2D eigenvalue weighted by Gasteiger charge is -2.29. The number of benzene rings is 2. The molecule has 6 rings (SSSR count). The molecule has 0 saturated carbocycles. The smallest absolute Gasteiger partial charge is 0.299 e. The van der Waals surface area contributed by atoms with E-state index in [9.17, 15) is 4.79 Å². The van der Waals surface area contributed by atoms with E-state index in [1.54, 1.807) is 9.36 Å². The van der Waals surface area contributed by atoms with Gasteiger partial charge in [-0.25, -0.2) is 9.67 Å². The second kappa shape index (κ2) is 9.20. The minimum atomic E-state index is -0.592. The standard InChI is InChI=1S/C27H28N8O2/c1-17-21(27(36)35(33(17)2)18-11-5-3-6-12-18)31-32-23-24(28)37-26-22(19-13-7-8-14-20(19)29-26)30-25(23)34-15-9-4-10-16-34/h3,5-8,11-14,26,28-29H,4,9-10,15-16H2,1-2H3. The summed E-state index contributed by atoms with van der Waals surface area (Å²) in [6.07, 6.45) is 2.63. The Kier molecular flexibility index (Phi) is 5.71. The number of nitrogens with one attached hydrogen (secondary N) is 2. The van der Waals surface area contributed by atoms with E-state index in [1.165, 1.54) is 0 Å². The van der Waals surface area contributed by atoms with Crippen LogP contribution < -0.4 is 10.9 Å². The van der Waals surface area contributed by atoms with Crippen LogP contribution in [0.15, 0.2) is 86.1 Å². The van der Waals surface area contributed by atoms with Gasteiger partial charge in [0.15, 0.2) is 17.2 Å². The maximum atomic E-state index is 13.4. The zero-order chi connectivity index (χ0) is 25.5. The van der Waals surface area contributed by atoms with Gasteiger partial charge >= 0.3 is 0 Å². The van der Waals surface area contributed by atoms with Crippen molar-refractivity contribution in [3.63, 3.8) is 0 Å². The molecule has 1 atom stereocenters. The summed E-state index contributed by atoms with van der Waals surface area (Å²) in [7, 11) is 1.81. The average Bonchev–Trinajstić information content (AvgIpc) is 3.31. The molecule has 10 heteroatoms. The summed E-state index contributed by atoms with van der Waals surface area (Å²) in [6.45, 7) is 3.45. The summed E-state index contributed by atoms with van der Waals surface area (Å²) in [4.78, 5) is 20.5. The molecule has 3 aliphatic heterocycles. The predicted octanol–water partition coefficient (Wildman–Crippen LogP) is 4.47. The van der Waals surface area contributed by atoms with E-state index < -0.39 is 6.23 Å². The number of fused-ring (bicyclic) bond motifs is 3. The Morgan fingerprint density at radius 1 is 1.03 bits per heavy atom. The number of rotatable bonds is 4. The number of piperidine rings is 1. The molecule has 188 valence electrons. The predicted molar refractivity (Wildman–Crippen MR) is 142 cm³/mol. The summed E-state index contributed by atoms with van der Waals surface area (Å²) < 4.78 is 9.33. The molecule has 0 radical (unpaired) electrons. The average molecular weight is 497 g/mol. The van der Waals surface area contributed by atoms with E-state index in [2.05, 4.69) is 20.4 Å². The summed E-state index contributed by atoms with van der Waals surface area (Å²) >= 11 is 0. The molecule has 1 fully saturated rings. The minimum Gasteiger partial charge on any atom is -0.446 e. The third-order valence-electron chi connectivity index (χ3n) is 7.06. The van der Waals surface area contributed by atoms with Crippen molar-refractivity contribution in [1.29, 1.82) is 5.41 Å². The molecule has 1 unspecified atom stereocenters. The van der Waals surface area contributed by atoms with Gasteiger partial charge in [0.25, 0.3) is 5.56 Å². The van der Waals surface area contributed by atoms with Crippen molar-refractivity contribution in [2.45, 2.75) is 32.4 Å². The van der Waals surface area contributed by atoms with Crippen molar-refractivity contribution in [1.82, 2.24) is 14.3 Å². The number of nitrogens with zero attached hydrogens (tertiary/aromatic N) is 6. The van der Waals surface area contributed by atoms with E-state index >= 15 is 0 Å². The first-order chi connectivity index (χ1) is 18.0. The van der Waals surface area contributed by atoms with E-state index in [4.69, 9.17) is 15.1 Å². The largest absolute Gasteiger partial charge is 0.446 e. The number of likely N-dealkylation sites (tertiary alicyclic amines) is 1. The van der Waals surface area contributed by atoms with Crippen LogP contribution in [0.25, 0.3) is 5.69 Å². The Balaban J connectivity index is 1.47. The van der Waals surface area contributed by atoms with Crippen LogP contribution in [0.4, 0.5) is 11.4 Å². The molecular formula is C27H28N8O2. The first-order valence-electron chi connectivity index (χ1n) is 12.5. The van der Waals surface area contributed by atoms with Crippen LogP contribution in [0.3, 0.4) is 0 Å². The Labute approximate surface area is 214 Å². The highest BCUT2D eigenvalue weighted by atomic mass is 16.5. The summed E-state index contributed by atoms with van der Waals surface area (Å²) in [6, 6.07) is 17.3. The zero-order valence-corrected chi connectivity index (χ0v) is 20.8. The van der Waals surface area contributed by atoms with Crippen LogP contribution in [0.5, 0.6) is 0 Å². The summed E-state index contributed by atoms with van der Waals surface area (Å²) in [5.74, 6) is 0.423. The lowest BCUT2D eigenvalue weighted by Crippen LogP contribution is -2.30. The molecule has 2 aromatic carbocycles. The van der Waals surface area contributed by atoms with E-state index in [0.29, 0.717) is 17.2 Å². The number of hydrogen-bond acceptors (Lipinski definition) is 8. The molecule has 1 saturated heterocycles. The third kappa shape index (κ3) is 3.94. The molecule has 4 heterocycles. The lowest BCUT2D eigenvalue weighted by atomic mass is 10.1. The number of hydrogen-bond donors (Lipinski definition) is 2. The first kappa shape index (κ1) is 23.0. The van der Waals surface area contributed by atoms with Crippen molar-refractivity contribution in [2.75, 3.05) is 18.4 Å². The van der Waals surface area contributed by atoms with Crippen molar-refractivity contribution in [3.8, 4) is 5.69 Å². The second-order valence-electron chi connectivity index (χ2n) is 9.34. The van der Waals surface area contributed by atoms with Gasteiger partial charge in [0.1, 0.15) is 5.71 Å². The van der Waals surface area contributed by atoms with Crippen molar-refractivity contribution < 1.29 is 4.74 Å². The summed E-state index contributed by atoms with van der Waals surface area (Å²) in [5, 5.41) is 20.9. The van der Waals surface area contributed by atoms with Crippen LogP contribution in [0.2, 0.25) is 0 Å². The van der Waals surface area contributed by atoms with Gasteiger partial charge in [-0.2, -0.15) is 0 Å². The van der Waals surface area contributed by atoms with Crippen LogP contribution in [0, 0.1) is 12.3 Å². The summed E-state index contributed by atoms with van der Waals surface area (Å²) in [5.41, 5.74) is 4.13. The number of anilines is 1. The number of aromatic nitrogens is 2. The van der Waals surface area contributed by atoms with E-state index in [0.717, 1.165) is 49.3 Å². The van der Waals surface area contributed by atoms with Crippen LogP contribution in [0.1, 0.15) is 30.5 Å². The quantitative estimate of drug-likeness (QED) is 0.519. The second-order valence-corrected chi connectivity index (χ2v) is 9.34.